The number of aromatic amines is 1. The van der Waals surface area contributed by atoms with Gasteiger partial charge in [0.25, 0.3) is 0 Å². The van der Waals surface area contributed by atoms with E-state index in [0.717, 1.165) is 17.3 Å². The van der Waals surface area contributed by atoms with Crippen LogP contribution in [0.25, 0.3) is 10.9 Å². The first-order valence-corrected chi connectivity index (χ1v) is 10.3. The minimum absolute atomic E-state index is 0.0214. The van der Waals surface area contributed by atoms with Gasteiger partial charge in [0.1, 0.15) is 0 Å². The Morgan fingerprint density at radius 3 is 2.65 bits per heavy atom. The molecule has 0 spiro atoms. The van der Waals surface area contributed by atoms with Crippen LogP contribution in [0.2, 0.25) is 0 Å². The molecule has 0 saturated carbocycles. The molecule has 0 aliphatic carbocycles. The minimum atomic E-state index is -0.945. The summed E-state index contributed by atoms with van der Waals surface area (Å²) in [7, 11) is 0. The summed E-state index contributed by atoms with van der Waals surface area (Å²) in [5.74, 6) is 0.0496. The second-order valence-corrected chi connectivity index (χ2v) is 7.38. The average molecular weight is 421 g/mol. The van der Waals surface area contributed by atoms with Crippen LogP contribution in [0.1, 0.15) is 46.9 Å². The number of hydrogen-bond acceptors (Lipinski definition) is 6. The molecule has 160 valence electrons. The maximum Gasteiger partial charge on any atom is 0.306 e. The van der Waals surface area contributed by atoms with Gasteiger partial charge in [0.15, 0.2) is 23.4 Å². The number of fused-ring (bicyclic) bond motifs is 2. The molecule has 0 fully saturated rings. The van der Waals surface area contributed by atoms with Crippen molar-refractivity contribution in [1.29, 1.82) is 0 Å². The van der Waals surface area contributed by atoms with Crippen molar-refractivity contribution >= 4 is 28.4 Å². The van der Waals surface area contributed by atoms with Gasteiger partial charge in [-0.15, -0.1) is 0 Å². The number of ether oxygens (including phenoxy) is 3. The van der Waals surface area contributed by atoms with Gasteiger partial charge in [0.05, 0.1) is 19.6 Å². The van der Waals surface area contributed by atoms with E-state index in [1.54, 1.807) is 24.4 Å². The molecule has 1 aliphatic heterocycles. The van der Waals surface area contributed by atoms with Crippen LogP contribution >= 0.6 is 0 Å². The van der Waals surface area contributed by atoms with Crippen molar-refractivity contribution in [2.75, 3.05) is 13.2 Å². The molecule has 31 heavy (non-hydrogen) atoms. The molecule has 7 nitrogen and oxygen atoms in total. The zero-order valence-electron chi connectivity index (χ0n) is 17.2. The fourth-order valence-corrected chi connectivity index (χ4v) is 3.50. The van der Waals surface area contributed by atoms with Crippen LogP contribution in [0.4, 0.5) is 0 Å². The molecule has 0 radical (unpaired) electrons. The number of H-pyrrole nitrogens is 1. The number of nitrogens with one attached hydrogen (secondary N) is 1. The highest BCUT2D eigenvalue weighted by Gasteiger charge is 2.23. The predicted molar refractivity (Wildman–Crippen MR) is 114 cm³/mol. The van der Waals surface area contributed by atoms with E-state index in [4.69, 9.17) is 14.2 Å². The number of para-hydroxylation sites is 1. The Morgan fingerprint density at radius 1 is 1.03 bits per heavy atom. The Bertz CT molecular complexity index is 1130. The number of aromatic nitrogens is 1. The normalized spacial score (nSPS) is 14.0. The molecule has 1 aliphatic rings. The molecule has 1 aromatic heterocycles. The van der Waals surface area contributed by atoms with Crippen molar-refractivity contribution in [2.45, 2.75) is 32.3 Å². The summed E-state index contributed by atoms with van der Waals surface area (Å²) in [5.41, 5.74) is 1.75. The smallest absolute Gasteiger partial charge is 0.306 e. The standard InChI is InChI=1S/C24H23NO6/c1-15(24(28)18-14-25-19-6-3-2-5-17(18)19)31-23(27)10-8-20(26)16-7-9-21-22(13-16)30-12-4-11-29-21/h2-3,5-7,9,13-15,25H,4,8,10-12H2,1H3. The van der Waals surface area contributed by atoms with Crippen LogP contribution in [0.3, 0.4) is 0 Å². The zero-order chi connectivity index (χ0) is 21.8. The Kier molecular flexibility index (Phi) is 6.02. The second kappa shape index (κ2) is 9.04. The van der Waals surface area contributed by atoms with E-state index < -0.39 is 12.1 Å². The van der Waals surface area contributed by atoms with Crippen molar-refractivity contribution in [1.82, 2.24) is 4.98 Å². The van der Waals surface area contributed by atoms with E-state index >= 15 is 0 Å². The highest BCUT2D eigenvalue weighted by atomic mass is 16.5. The Balaban J connectivity index is 1.33. The maximum absolute atomic E-state index is 12.7. The molecular formula is C24H23NO6. The number of carbonyl (C=O) groups is 3. The van der Waals surface area contributed by atoms with Gasteiger partial charge in [-0.2, -0.15) is 0 Å². The summed E-state index contributed by atoms with van der Waals surface area (Å²) < 4.78 is 16.4. The molecule has 2 heterocycles. The van der Waals surface area contributed by atoms with Crippen molar-refractivity contribution in [3.8, 4) is 11.5 Å². The summed E-state index contributed by atoms with van der Waals surface area (Å²) in [6.07, 6.45) is 1.31. The monoisotopic (exact) mass is 421 g/mol. The highest BCUT2D eigenvalue weighted by Crippen LogP contribution is 2.31. The predicted octanol–water partition coefficient (Wildman–Crippen LogP) is 4.11. The lowest BCUT2D eigenvalue weighted by molar-refractivity contribution is -0.146. The van der Waals surface area contributed by atoms with Crippen LogP contribution in [0.5, 0.6) is 11.5 Å². The molecule has 2 aromatic carbocycles. The summed E-state index contributed by atoms with van der Waals surface area (Å²) in [4.78, 5) is 40.4. The lowest BCUT2D eigenvalue weighted by atomic mass is 10.1. The largest absolute Gasteiger partial charge is 0.490 e. The third-order valence-corrected chi connectivity index (χ3v) is 5.16. The van der Waals surface area contributed by atoms with Gasteiger partial charge in [-0.3, -0.25) is 14.4 Å². The molecule has 0 saturated heterocycles. The van der Waals surface area contributed by atoms with Gasteiger partial charge >= 0.3 is 5.97 Å². The van der Waals surface area contributed by atoms with Crippen LogP contribution in [-0.4, -0.2) is 41.8 Å². The molecule has 4 rings (SSSR count). The zero-order valence-corrected chi connectivity index (χ0v) is 17.2. The highest BCUT2D eigenvalue weighted by molar-refractivity contribution is 6.10. The molecule has 7 heteroatoms. The third kappa shape index (κ3) is 4.60. The van der Waals surface area contributed by atoms with E-state index in [0.29, 0.717) is 35.8 Å². The van der Waals surface area contributed by atoms with E-state index in [-0.39, 0.29) is 24.4 Å². The average Bonchev–Trinajstić information content (AvgIpc) is 3.07. The topological polar surface area (TPSA) is 94.7 Å². The van der Waals surface area contributed by atoms with Crippen molar-refractivity contribution in [3.63, 3.8) is 0 Å². The fraction of sp³-hybridized carbons (Fsp3) is 0.292. The molecule has 1 N–H and O–H groups in total. The Labute approximate surface area is 179 Å². The van der Waals surface area contributed by atoms with Crippen molar-refractivity contribution in [3.05, 3.63) is 59.8 Å². The number of carbonyl (C=O) groups excluding carboxylic acids is 3. The Morgan fingerprint density at radius 2 is 1.81 bits per heavy atom. The third-order valence-electron chi connectivity index (χ3n) is 5.16. The molecule has 3 aromatic rings. The van der Waals surface area contributed by atoms with E-state index in [1.807, 2.05) is 24.3 Å². The SMILES string of the molecule is CC(OC(=O)CCC(=O)c1ccc2c(c1)OCCCO2)C(=O)c1c[nH]c2ccccc12. The number of Topliss-reactive ketones (excluding diaryl/α,β-unsaturated/α-hetero) is 2. The van der Waals surface area contributed by atoms with Crippen LogP contribution in [0.15, 0.2) is 48.7 Å². The van der Waals surface area contributed by atoms with Crippen molar-refractivity contribution < 1.29 is 28.6 Å². The number of esters is 1. The molecule has 1 atom stereocenters. The van der Waals surface area contributed by atoms with E-state index in [2.05, 4.69) is 4.98 Å². The van der Waals surface area contributed by atoms with Gasteiger partial charge in [-0.05, 0) is 31.2 Å². The van der Waals surface area contributed by atoms with Crippen LogP contribution in [0, 0.1) is 0 Å². The number of rotatable bonds is 7. The second-order valence-electron chi connectivity index (χ2n) is 7.38. The van der Waals surface area contributed by atoms with Gasteiger partial charge < -0.3 is 19.2 Å². The molecular weight excluding hydrogens is 398 g/mol. The number of ketones is 2. The van der Waals surface area contributed by atoms with Gasteiger partial charge in [-0.1, -0.05) is 18.2 Å². The van der Waals surface area contributed by atoms with E-state index in [1.165, 1.54) is 6.92 Å². The molecule has 0 amide bonds. The first-order chi connectivity index (χ1) is 15.0. The molecule has 1 unspecified atom stereocenters. The van der Waals surface area contributed by atoms with E-state index in [9.17, 15) is 14.4 Å². The van der Waals surface area contributed by atoms with Gasteiger partial charge in [-0.25, -0.2) is 0 Å². The molecule has 0 bridgehead atoms. The summed E-state index contributed by atoms with van der Waals surface area (Å²) >= 11 is 0. The van der Waals surface area contributed by atoms with Gasteiger partial charge in [0, 0.05) is 41.1 Å². The fourth-order valence-electron chi connectivity index (χ4n) is 3.50. The number of benzene rings is 2. The summed E-state index contributed by atoms with van der Waals surface area (Å²) in [6.45, 7) is 2.63. The lowest BCUT2D eigenvalue weighted by Crippen LogP contribution is -2.24. The van der Waals surface area contributed by atoms with Crippen LogP contribution < -0.4 is 9.47 Å². The summed E-state index contributed by atoms with van der Waals surface area (Å²) in [6, 6.07) is 12.4. The first-order valence-electron chi connectivity index (χ1n) is 10.3. The van der Waals surface area contributed by atoms with Crippen LogP contribution in [-0.2, 0) is 9.53 Å². The minimum Gasteiger partial charge on any atom is -0.490 e. The Hall–Kier alpha value is -3.61. The lowest BCUT2D eigenvalue weighted by Gasteiger charge is -2.12. The first kappa shape index (κ1) is 20.7. The summed E-state index contributed by atoms with van der Waals surface area (Å²) in [5, 5.41) is 0.778. The van der Waals surface area contributed by atoms with Crippen molar-refractivity contribution in [2.24, 2.45) is 0 Å². The quantitative estimate of drug-likeness (QED) is 0.456. The maximum atomic E-state index is 12.7. The number of hydrogen-bond donors (Lipinski definition) is 1. The van der Waals surface area contributed by atoms with Gasteiger partial charge in [0.2, 0.25) is 5.78 Å².